The van der Waals surface area contributed by atoms with Crippen molar-refractivity contribution in [3.63, 3.8) is 0 Å². The summed E-state index contributed by atoms with van der Waals surface area (Å²) in [6, 6.07) is 7.74. The molecule has 2 fully saturated rings. The molecule has 3 rings (SSSR count). The second kappa shape index (κ2) is 7.81. The van der Waals surface area contributed by atoms with Crippen molar-refractivity contribution in [3.8, 4) is 0 Å². The van der Waals surface area contributed by atoms with Crippen molar-refractivity contribution >= 4 is 29.1 Å². The minimum Gasteiger partial charge on any atom is -0.372 e. The lowest BCUT2D eigenvalue weighted by molar-refractivity contribution is -0.167. The molecule has 2 atom stereocenters. The highest BCUT2D eigenvalue weighted by Crippen LogP contribution is 2.60. The summed E-state index contributed by atoms with van der Waals surface area (Å²) in [5, 5.41) is 2.87. The molecule has 1 heterocycles. The molecule has 2 bridgehead atoms. The summed E-state index contributed by atoms with van der Waals surface area (Å²) in [4.78, 5) is 41.8. The van der Waals surface area contributed by atoms with Crippen LogP contribution in [0.25, 0.3) is 0 Å². The number of carbonyl (C=O) groups is 3. The largest absolute Gasteiger partial charge is 0.372 e. The Morgan fingerprint density at radius 2 is 1.76 bits per heavy atom. The molecule has 6 nitrogen and oxygen atoms in total. The second-order valence-corrected chi connectivity index (χ2v) is 8.96. The fourth-order valence-corrected chi connectivity index (χ4v) is 4.89. The summed E-state index contributed by atoms with van der Waals surface area (Å²) >= 11 is 0. The highest BCUT2D eigenvalue weighted by molar-refractivity contribution is 6.04. The lowest BCUT2D eigenvalue weighted by atomic mass is 9.62. The van der Waals surface area contributed by atoms with E-state index in [0.29, 0.717) is 0 Å². The minimum absolute atomic E-state index is 0.110. The summed E-state index contributed by atoms with van der Waals surface area (Å²) in [6.45, 7) is 12.2. The predicted molar refractivity (Wildman–Crippen MR) is 115 cm³/mol. The first kappa shape index (κ1) is 21.3. The van der Waals surface area contributed by atoms with E-state index in [1.54, 1.807) is 0 Å². The van der Waals surface area contributed by atoms with Crippen molar-refractivity contribution in [2.45, 2.75) is 53.9 Å². The zero-order chi connectivity index (χ0) is 21.4. The number of nitrogens with zero attached hydrogens (tertiary/aromatic N) is 2. The van der Waals surface area contributed by atoms with E-state index in [0.717, 1.165) is 37.3 Å². The van der Waals surface area contributed by atoms with Crippen LogP contribution in [0.5, 0.6) is 0 Å². The minimum atomic E-state index is -0.525. The van der Waals surface area contributed by atoms with Crippen LogP contribution in [-0.4, -0.2) is 42.3 Å². The molecule has 158 valence electrons. The van der Waals surface area contributed by atoms with Gasteiger partial charge >= 0.3 is 0 Å². The number of carbonyl (C=O) groups excluding carboxylic acids is 3. The van der Waals surface area contributed by atoms with E-state index >= 15 is 0 Å². The van der Waals surface area contributed by atoms with Crippen LogP contribution in [0.15, 0.2) is 24.3 Å². The quantitative estimate of drug-likeness (QED) is 0.710. The van der Waals surface area contributed by atoms with E-state index in [1.165, 1.54) is 4.90 Å². The zero-order valence-electron chi connectivity index (χ0n) is 18.2. The standard InChI is InChI=1S/C23H33N3O3/c1-6-25(7-2)17-10-8-16(9-11-17)24-19(27)13-15-26-20(28)18-12-14-23(5,21(26)29)22(18,3)4/h8-11,18H,6-7,12-15H2,1-5H3,(H,24,27). The van der Waals surface area contributed by atoms with Crippen molar-refractivity contribution in [2.75, 3.05) is 29.9 Å². The van der Waals surface area contributed by atoms with Crippen LogP contribution in [0.2, 0.25) is 0 Å². The fourth-order valence-electron chi connectivity index (χ4n) is 4.89. The van der Waals surface area contributed by atoms with Crippen LogP contribution in [0, 0.1) is 16.7 Å². The topological polar surface area (TPSA) is 69.7 Å². The first-order valence-electron chi connectivity index (χ1n) is 10.7. The molecule has 1 saturated heterocycles. The van der Waals surface area contributed by atoms with E-state index in [-0.39, 0.29) is 42.0 Å². The third-order valence-electron chi connectivity index (χ3n) is 7.35. The average Bonchev–Trinajstić information content (AvgIpc) is 2.87. The summed E-state index contributed by atoms with van der Waals surface area (Å²) < 4.78 is 0. The number of fused-ring (bicyclic) bond motifs is 2. The Hall–Kier alpha value is -2.37. The molecule has 1 aliphatic heterocycles. The monoisotopic (exact) mass is 399 g/mol. The van der Waals surface area contributed by atoms with E-state index in [4.69, 9.17) is 0 Å². The van der Waals surface area contributed by atoms with Gasteiger partial charge in [-0.15, -0.1) is 0 Å². The number of benzene rings is 1. The Morgan fingerprint density at radius 1 is 1.14 bits per heavy atom. The zero-order valence-corrected chi connectivity index (χ0v) is 18.2. The lowest BCUT2D eigenvalue weighted by Crippen LogP contribution is -2.59. The maximum atomic E-state index is 13.0. The fraction of sp³-hybridized carbons (Fsp3) is 0.609. The van der Waals surface area contributed by atoms with Gasteiger partial charge in [0, 0.05) is 43.3 Å². The van der Waals surface area contributed by atoms with Crippen molar-refractivity contribution in [2.24, 2.45) is 16.7 Å². The average molecular weight is 400 g/mol. The maximum Gasteiger partial charge on any atom is 0.235 e. The summed E-state index contributed by atoms with van der Waals surface area (Å²) in [5.41, 5.74) is 0.980. The predicted octanol–water partition coefficient (Wildman–Crippen LogP) is 3.67. The molecule has 1 saturated carbocycles. The van der Waals surface area contributed by atoms with Crippen LogP contribution in [0.4, 0.5) is 11.4 Å². The number of hydrogen-bond acceptors (Lipinski definition) is 4. The smallest absolute Gasteiger partial charge is 0.235 e. The van der Waals surface area contributed by atoms with Gasteiger partial charge in [-0.25, -0.2) is 0 Å². The molecule has 2 aliphatic rings. The van der Waals surface area contributed by atoms with Crippen molar-refractivity contribution in [1.29, 1.82) is 0 Å². The molecule has 0 radical (unpaired) electrons. The van der Waals surface area contributed by atoms with Gasteiger partial charge in [0.25, 0.3) is 0 Å². The van der Waals surface area contributed by atoms with Gasteiger partial charge in [0.15, 0.2) is 0 Å². The third-order valence-corrected chi connectivity index (χ3v) is 7.35. The molecule has 1 N–H and O–H groups in total. The Morgan fingerprint density at radius 3 is 2.34 bits per heavy atom. The molecule has 1 aromatic rings. The summed E-state index contributed by atoms with van der Waals surface area (Å²) in [7, 11) is 0. The number of amides is 3. The van der Waals surface area contributed by atoms with Gasteiger partial charge in [-0.05, 0) is 56.4 Å². The van der Waals surface area contributed by atoms with E-state index in [9.17, 15) is 14.4 Å². The van der Waals surface area contributed by atoms with Gasteiger partial charge in [-0.3, -0.25) is 19.3 Å². The van der Waals surface area contributed by atoms with Crippen LogP contribution in [0.1, 0.15) is 53.9 Å². The van der Waals surface area contributed by atoms with Gasteiger partial charge in [-0.1, -0.05) is 20.8 Å². The van der Waals surface area contributed by atoms with E-state index < -0.39 is 5.41 Å². The molecule has 0 spiro atoms. The maximum absolute atomic E-state index is 13.0. The second-order valence-electron chi connectivity index (χ2n) is 8.96. The summed E-state index contributed by atoms with van der Waals surface area (Å²) in [5.74, 6) is -0.576. The molecule has 0 aromatic heterocycles. The third kappa shape index (κ3) is 3.53. The van der Waals surface area contributed by atoms with Crippen LogP contribution >= 0.6 is 0 Å². The SMILES string of the molecule is CCN(CC)c1ccc(NC(=O)CCN2C(=O)C3CCC(C)(C2=O)C3(C)C)cc1. The Labute approximate surface area is 173 Å². The van der Waals surface area contributed by atoms with E-state index in [2.05, 4.69) is 24.1 Å². The molecule has 3 amide bonds. The number of nitrogens with one attached hydrogen (secondary N) is 1. The Kier molecular flexibility index (Phi) is 5.74. The first-order valence-corrected chi connectivity index (χ1v) is 10.7. The van der Waals surface area contributed by atoms with Crippen molar-refractivity contribution < 1.29 is 14.4 Å². The van der Waals surface area contributed by atoms with Gasteiger partial charge in [-0.2, -0.15) is 0 Å². The number of hydrogen-bond donors (Lipinski definition) is 1. The van der Waals surface area contributed by atoms with Crippen molar-refractivity contribution in [3.05, 3.63) is 24.3 Å². The Bertz CT molecular complexity index is 798. The van der Waals surface area contributed by atoms with Gasteiger partial charge < -0.3 is 10.2 Å². The lowest BCUT2D eigenvalue weighted by Gasteiger charge is -2.47. The van der Waals surface area contributed by atoms with Gasteiger partial charge in [0.2, 0.25) is 17.7 Å². The number of rotatable bonds is 7. The highest BCUT2D eigenvalue weighted by atomic mass is 16.2. The number of anilines is 2. The van der Waals surface area contributed by atoms with Gasteiger partial charge in [0.1, 0.15) is 0 Å². The van der Waals surface area contributed by atoms with Crippen molar-refractivity contribution in [1.82, 2.24) is 4.90 Å². The molecular formula is C23H33N3O3. The molecule has 1 aliphatic carbocycles. The van der Waals surface area contributed by atoms with Crippen LogP contribution in [-0.2, 0) is 14.4 Å². The highest BCUT2D eigenvalue weighted by Gasteiger charge is 2.64. The van der Waals surface area contributed by atoms with Crippen LogP contribution in [0.3, 0.4) is 0 Å². The van der Waals surface area contributed by atoms with Crippen LogP contribution < -0.4 is 10.2 Å². The first-order chi connectivity index (χ1) is 13.7. The molecular weight excluding hydrogens is 366 g/mol. The molecule has 29 heavy (non-hydrogen) atoms. The molecule has 2 unspecified atom stereocenters. The van der Waals surface area contributed by atoms with Gasteiger partial charge in [0.05, 0.1) is 5.41 Å². The normalized spacial score (nSPS) is 25.3. The number of piperidine rings is 1. The van der Waals surface area contributed by atoms with E-state index in [1.807, 2.05) is 45.0 Å². The Balaban J connectivity index is 1.60. The molecule has 6 heteroatoms. The number of imide groups is 1. The summed E-state index contributed by atoms with van der Waals surface area (Å²) in [6.07, 6.45) is 1.59. The molecule has 1 aromatic carbocycles. The number of likely N-dealkylation sites (tertiary alicyclic amines) is 1.